The predicted octanol–water partition coefficient (Wildman–Crippen LogP) is 3.77. The van der Waals surface area contributed by atoms with Gasteiger partial charge in [-0.1, -0.05) is 31.4 Å². The van der Waals surface area contributed by atoms with E-state index < -0.39 is 11.9 Å². The van der Waals surface area contributed by atoms with Gasteiger partial charge in [0.25, 0.3) is 5.91 Å². The van der Waals surface area contributed by atoms with E-state index in [1.54, 1.807) is 6.07 Å². The summed E-state index contributed by atoms with van der Waals surface area (Å²) in [5.41, 5.74) is 0.779. The second kappa shape index (κ2) is 9.72. The predicted molar refractivity (Wildman–Crippen MR) is 101 cm³/mol. The molecule has 0 bridgehead atoms. The van der Waals surface area contributed by atoms with Crippen molar-refractivity contribution in [2.45, 2.75) is 26.2 Å². The summed E-state index contributed by atoms with van der Waals surface area (Å²) in [5.74, 6) is -0.388. The number of anilines is 2. The number of aromatic nitrogens is 2. The second-order valence-corrected chi connectivity index (χ2v) is 5.97. The van der Waals surface area contributed by atoms with Crippen LogP contribution in [-0.2, 0) is 4.74 Å². The van der Waals surface area contributed by atoms with Crippen molar-refractivity contribution in [3.8, 4) is 0 Å². The first-order valence-electron chi connectivity index (χ1n) is 8.30. The van der Waals surface area contributed by atoms with Crippen LogP contribution in [0, 0.1) is 0 Å². The van der Waals surface area contributed by atoms with E-state index in [-0.39, 0.29) is 11.3 Å². The summed E-state index contributed by atoms with van der Waals surface area (Å²) in [4.78, 5) is 32.1. The number of benzene rings is 1. The molecule has 26 heavy (non-hydrogen) atoms. The molecule has 7 nitrogen and oxygen atoms in total. The van der Waals surface area contributed by atoms with E-state index >= 15 is 0 Å². The molecule has 138 valence electrons. The molecule has 0 unspecified atom stereocenters. The van der Waals surface area contributed by atoms with E-state index in [1.165, 1.54) is 31.6 Å². The number of esters is 1. The molecule has 0 saturated carbocycles. The molecule has 8 heteroatoms. The highest BCUT2D eigenvalue weighted by atomic mass is 35.5. The van der Waals surface area contributed by atoms with Crippen LogP contribution in [0.5, 0.6) is 0 Å². The smallest absolute Gasteiger partial charge is 0.337 e. The van der Waals surface area contributed by atoms with E-state index in [2.05, 4.69) is 32.3 Å². The number of nitrogens with zero attached hydrogens (tertiary/aromatic N) is 2. The molecule has 0 aliphatic heterocycles. The third-order valence-electron chi connectivity index (χ3n) is 3.62. The summed E-state index contributed by atoms with van der Waals surface area (Å²) in [6.07, 6.45) is 4.60. The van der Waals surface area contributed by atoms with Gasteiger partial charge in [-0.15, -0.1) is 0 Å². The molecule has 1 amide bonds. The molecule has 0 aliphatic carbocycles. The van der Waals surface area contributed by atoms with Crippen LogP contribution in [0.3, 0.4) is 0 Å². The lowest BCUT2D eigenvalue weighted by molar-refractivity contribution is 0.0600. The third-order valence-corrected chi connectivity index (χ3v) is 3.95. The van der Waals surface area contributed by atoms with Crippen LogP contribution in [0.15, 0.2) is 30.6 Å². The molecule has 0 aliphatic rings. The van der Waals surface area contributed by atoms with Crippen molar-refractivity contribution in [3.63, 3.8) is 0 Å². The molecule has 2 aromatic rings. The van der Waals surface area contributed by atoms with Gasteiger partial charge in [0, 0.05) is 12.6 Å². The third kappa shape index (κ3) is 5.42. The van der Waals surface area contributed by atoms with E-state index in [0.717, 1.165) is 25.8 Å². The molecule has 1 aromatic carbocycles. The van der Waals surface area contributed by atoms with Gasteiger partial charge in [-0.25, -0.2) is 14.8 Å². The Balaban J connectivity index is 2.09. The normalized spacial score (nSPS) is 10.3. The van der Waals surface area contributed by atoms with Crippen LogP contribution >= 0.6 is 11.6 Å². The quantitative estimate of drug-likeness (QED) is 0.538. The van der Waals surface area contributed by atoms with Gasteiger partial charge >= 0.3 is 5.97 Å². The summed E-state index contributed by atoms with van der Waals surface area (Å²) in [5, 5.41) is 6.12. The SMILES string of the molecule is CCCCCNc1cc(C(=O)Nc2cc(C(=O)OC)ccc2Cl)ncn1. The number of carbonyl (C=O) groups is 2. The van der Waals surface area contributed by atoms with Crippen molar-refractivity contribution in [1.82, 2.24) is 9.97 Å². The monoisotopic (exact) mass is 376 g/mol. The van der Waals surface area contributed by atoms with Crippen LogP contribution in [0.25, 0.3) is 0 Å². The van der Waals surface area contributed by atoms with Crippen LogP contribution in [0.2, 0.25) is 5.02 Å². The van der Waals surface area contributed by atoms with Crippen molar-refractivity contribution < 1.29 is 14.3 Å². The summed E-state index contributed by atoms with van der Waals surface area (Å²) in [6, 6.07) is 6.06. The van der Waals surface area contributed by atoms with E-state index in [0.29, 0.717) is 16.5 Å². The lowest BCUT2D eigenvalue weighted by Crippen LogP contribution is -2.15. The molecule has 1 heterocycles. The number of methoxy groups -OCH3 is 1. The van der Waals surface area contributed by atoms with Crippen molar-refractivity contribution in [3.05, 3.63) is 46.9 Å². The number of rotatable bonds is 8. The fourth-order valence-electron chi connectivity index (χ4n) is 2.22. The van der Waals surface area contributed by atoms with E-state index in [4.69, 9.17) is 11.6 Å². The van der Waals surface area contributed by atoms with E-state index in [1.807, 2.05) is 0 Å². The Morgan fingerprint density at radius 1 is 1.19 bits per heavy atom. The molecule has 1 aromatic heterocycles. The van der Waals surface area contributed by atoms with Crippen molar-refractivity contribution in [2.75, 3.05) is 24.3 Å². The molecule has 2 rings (SSSR count). The molecule has 0 spiro atoms. The summed E-state index contributed by atoms with van der Waals surface area (Å²) in [6.45, 7) is 2.91. The number of hydrogen-bond donors (Lipinski definition) is 2. The number of nitrogens with one attached hydrogen (secondary N) is 2. The van der Waals surface area contributed by atoms with Crippen molar-refractivity contribution >= 4 is 35.0 Å². The van der Waals surface area contributed by atoms with Crippen molar-refractivity contribution in [2.24, 2.45) is 0 Å². The lowest BCUT2D eigenvalue weighted by atomic mass is 10.2. The average molecular weight is 377 g/mol. The zero-order valence-electron chi connectivity index (χ0n) is 14.7. The van der Waals surface area contributed by atoms with Gasteiger partial charge in [0.1, 0.15) is 17.8 Å². The molecular weight excluding hydrogens is 356 g/mol. The Hall–Kier alpha value is -2.67. The van der Waals surface area contributed by atoms with Gasteiger partial charge in [-0.05, 0) is 24.6 Å². The average Bonchev–Trinajstić information content (AvgIpc) is 2.66. The minimum Gasteiger partial charge on any atom is -0.465 e. The zero-order chi connectivity index (χ0) is 18.9. The maximum atomic E-state index is 12.4. The molecule has 2 N–H and O–H groups in total. The minimum absolute atomic E-state index is 0.192. The molecular formula is C18H21ClN4O3. The Morgan fingerprint density at radius 2 is 2.00 bits per heavy atom. The molecule has 0 radical (unpaired) electrons. The van der Waals surface area contributed by atoms with Crippen LogP contribution in [0.4, 0.5) is 11.5 Å². The topological polar surface area (TPSA) is 93.2 Å². The highest BCUT2D eigenvalue weighted by Gasteiger charge is 2.14. The first kappa shape index (κ1) is 19.7. The summed E-state index contributed by atoms with van der Waals surface area (Å²) < 4.78 is 4.67. The van der Waals surface area contributed by atoms with Gasteiger partial charge in [-0.3, -0.25) is 4.79 Å². The summed E-state index contributed by atoms with van der Waals surface area (Å²) >= 11 is 6.09. The fourth-order valence-corrected chi connectivity index (χ4v) is 2.39. The second-order valence-electron chi connectivity index (χ2n) is 5.56. The molecule has 0 saturated heterocycles. The minimum atomic E-state index is -0.516. The van der Waals surface area contributed by atoms with E-state index in [9.17, 15) is 9.59 Å². The van der Waals surface area contributed by atoms with Gasteiger partial charge < -0.3 is 15.4 Å². The Kier molecular flexibility index (Phi) is 7.35. The highest BCUT2D eigenvalue weighted by molar-refractivity contribution is 6.34. The van der Waals surface area contributed by atoms with Gasteiger partial charge in [0.15, 0.2) is 0 Å². The number of unbranched alkanes of at least 4 members (excludes halogenated alkanes) is 2. The number of carbonyl (C=O) groups excluding carboxylic acids is 2. The number of ether oxygens (including phenoxy) is 1. The summed E-state index contributed by atoms with van der Waals surface area (Å²) in [7, 11) is 1.28. The zero-order valence-corrected chi connectivity index (χ0v) is 15.5. The van der Waals surface area contributed by atoms with Crippen LogP contribution in [0.1, 0.15) is 47.0 Å². The Bertz CT molecular complexity index is 783. The number of amides is 1. The maximum absolute atomic E-state index is 12.4. The molecule has 0 atom stereocenters. The Labute approximate surface area is 157 Å². The highest BCUT2D eigenvalue weighted by Crippen LogP contribution is 2.24. The van der Waals surface area contributed by atoms with Crippen molar-refractivity contribution in [1.29, 1.82) is 0 Å². The number of halogens is 1. The van der Waals surface area contributed by atoms with Crippen LogP contribution in [-0.4, -0.2) is 35.5 Å². The van der Waals surface area contributed by atoms with Gasteiger partial charge in [-0.2, -0.15) is 0 Å². The van der Waals surface area contributed by atoms with Gasteiger partial charge in [0.2, 0.25) is 0 Å². The Morgan fingerprint density at radius 3 is 2.73 bits per heavy atom. The van der Waals surface area contributed by atoms with Gasteiger partial charge in [0.05, 0.1) is 23.4 Å². The largest absolute Gasteiger partial charge is 0.465 e. The van der Waals surface area contributed by atoms with Crippen LogP contribution < -0.4 is 10.6 Å². The lowest BCUT2D eigenvalue weighted by Gasteiger charge is -2.10. The molecule has 0 fully saturated rings. The fraction of sp³-hybridized carbons (Fsp3) is 0.333. The first-order chi connectivity index (χ1) is 12.5. The standard InChI is InChI=1S/C18H21ClN4O3/c1-3-4-5-8-20-16-10-15(21-11-22-16)17(24)23-14-9-12(18(25)26-2)6-7-13(14)19/h6-7,9-11H,3-5,8H2,1-2H3,(H,23,24)(H,20,21,22). The number of hydrogen-bond acceptors (Lipinski definition) is 6. The maximum Gasteiger partial charge on any atom is 0.337 e. The first-order valence-corrected chi connectivity index (χ1v) is 8.68.